The normalized spacial score (nSPS) is 15.8. The topological polar surface area (TPSA) is 75.0 Å². The van der Waals surface area contributed by atoms with E-state index >= 15 is 0 Å². The van der Waals surface area contributed by atoms with E-state index < -0.39 is 6.04 Å². The molecule has 0 spiro atoms. The van der Waals surface area contributed by atoms with E-state index in [1.54, 1.807) is 41.5 Å². The minimum atomic E-state index is -0.686. The molecule has 0 radical (unpaired) electrons. The summed E-state index contributed by atoms with van der Waals surface area (Å²) in [4.78, 5) is 29.0. The van der Waals surface area contributed by atoms with Crippen LogP contribution in [0.5, 0.6) is 5.75 Å². The van der Waals surface area contributed by atoms with Gasteiger partial charge in [0.1, 0.15) is 17.6 Å². The lowest BCUT2D eigenvalue weighted by Gasteiger charge is -2.29. The van der Waals surface area contributed by atoms with Crippen LogP contribution in [-0.2, 0) is 16.1 Å². The van der Waals surface area contributed by atoms with E-state index in [4.69, 9.17) is 21.4 Å². The predicted molar refractivity (Wildman–Crippen MR) is 128 cm³/mol. The van der Waals surface area contributed by atoms with Crippen LogP contribution in [0.15, 0.2) is 47.1 Å². The van der Waals surface area contributed by atoms with E-state index in [1.807, 2.05) is 13.0 Å². The predicted octanol–water partition coefficient (Wildman–Crippen LogP) is 4.27. The standard InChI is InChI=1S/C24H31N3O4S/c1-3-5-6-7-14-30-19-12-10-18(11-13-19)27-22(28)16-21(23(27)29)26(24(32)25-4-2)17-20-9-8-15-31-20/h8-13,15,21H,3-7,14,16-17H2,1-2H3,(H,25,32)/t21-/m1/s1. The molecule has 1 atom stereocenters. The third-order valence-electron chi connectivity index (χ3n) is 5.36. The maximum Gasteiger partial charge on any atom is 0.257 e. The van der Waals surface area contributed by atoms with E-state index in [-0.39, 0.29) is 18.2 Å². The van der Waals surface area contributed by atoms with Crippen LogP contribution >= 0.6 is 12.2 Å². The third kappa shape index (κ3) is 5.88. The number of carbonyl (C=O) groups is 2. The first-order chi connectivity index (χ1) is 15.5. The van der Waals surface area contributed by atoms with Crippen molar-refractivity contribution in [2.24, 2.45) is 0 Å². The number of hydrogen-bond acceptors (Lipinski definition) is 5. The summed E-state index contributed by atoms with van der Waals surface area (Å²) < 4.78 is 11.2. The van der Waals surface area contributed by atoms with Gasteiger partial charge in [-0.3, -0.25) is 9.59 Å². The molecule has 1 aliphatic heterocycles. The Morgan fingerprint density at radius 3 is 2.62 bits per heavy atom. The number of nitrogens with one attached hydrogen (secondary N) is 1. The summed E-state index contributed by atoms with van der Waals surface area (Å²) in [6, 6.07) is 10.0. The number of carbonyl (C=O) groups excluding carboxylic acids is 2. The summed E-state index contributed by atoms with van der Waals surface area (Å²) in [5, 5.41) is 3.50. The highest BCUT2D eigenvalue weighted by molar-refractivity contribution is 7.80. The maximum absolute atomic E-state index is 13.3. The molecule has 2 aromatic rings. The van der Waals surface area contributed by atoms with Gasteiger partial charge in [-0.2, -0.15) is 0 Å². The molecule has 172 valence electrons. The largest absolute Gasteiger partial charge is 0.494 e. The van der Waals surface area contributed by atoms with Crippen molar-refractivity contribution in [1.82, 2.24) is 10.2 Å². The number of nitrogens with zero attached hydrogens (tertiary/aromatic N) is 2. The van der Waals surface area contributed by atoms with Crippen LogP contribution in [0.25, 0.3) is 0 Å². The summed E-state index contributed by atoms with van der Waals surface area (Å²) in [5.74, 6) is 0.852. The fraction of sp³-hybridized carbons (Fsp3) is 0.458. The average Bonchev–Trinajstić information content (AvgIpc) is 3.40. The Balaban J connectivity index is 1.69. The number of amides is 2. The Kier molecular flexibility index (Phi) is 8.67. The first-order valence-electron chi connectivity index (χ1n) is 11.2. The molecule has 1 aromatic heterocycles. The summed E-state index contributed by atoms with van der Waals surface area (Å²) in [6.07, 6.45) is 6.18. The number of rotatable bonds is 11. The quantitative estimate of drug-likeness (QED) is 0.307. The second-order valence-corrected chi connectivity index (χ2v) is 8.12. The van der Waals surface area contributed by atoms with Gasteiger partial charge in [-0.15, -0.1) is 0 Å². The zero-order valence-corrected chi connectivity index (χ0v) is 19.5. The molecule has 2 heterocycles. The number of unbranched alkanes of at least 4 members (excludes halogenated alkanes) is 3. The van der Waals surface area contributed by atoms with Gasteiger partial charge < -0.3 is 19.4 Å². The van der Waals surface area contributed by atoms with Crippen LogP contribution in [0.2, 0.25) is 0 Å². The molecule has 32 heavy (non-hydrogen) atoms. The highest BCUT2D eigenvalue weighted by Crippen LogP contribution is 2.28. The first kappa shape index (κ1) is 23.8. The Morgan fingerprint density at radius 2 is 1.97 bits per heavy atom. The highest BCUT2D eigenvalue weighted by Gasteiger charge is 2.43. The number of furan rings is 1. The molecule has 0 aliphatic carbocycles. The van der Waals surface area contributed by atoms with Crippen molar-refractivity contribution in [1.29, 1.82) is 0 Å². The van der Waals surface area contributed by atoms with Crippen molar-refractivity contribution in [3.63, 3.8) is 0 Å². The second-order valence-electron chi connectivity index (χ2n) is 7.73. The average molecular weight is 458 g/mol. The van der Waals surface area contributed by atoms with Gasteiger partial charge in [0, 0.05) is 6.54 Å². The van der Waals surface area contributed by atoms with Crippen molar-refractivity contribution in [3.05, 3.63) is 48.4 Å². The summed E-state index contributed by atoms with van der Waals surface area (Å²) >= 11 is 5.49. The minimum absolute atomic E-state index is 0.0563. The van der Waals surface area contributed by atoms with Gasteiger partial charge in [-0.05, 0) is 62.0 Å². The molecule has 1 aromatic carbocycles. The van der Waals surface area contributed by atoms with E-state index in [2.05, 4.69) is 12.2 Å². The van der Waals surface area contributed by atoms with Gasteiger partial charge in [-0.25, -0.2) is 4.90 Å². The number of hydrogen-bond donors (Lipinski definition) is 1. The minimum Gasteiger partial charge on any atom is -0.494 e. The van der Waals surface area contributed by atoms with Crippen molar-refractivity contribution in [2.45, 2.75) is 58.5 Å². The van der Waals surface area contributed by atoms with Crippen LogP contribution in [0.3, 0.4) is 0 Å². The van der Waals surface area contributed by atoms with E-state index in [0.717, 1.165) is 18.6 Å². The maximum atomic E-state index is 13.3. The van der Waals surface area contributed by atoms with Crippen LogP contribution in [0, 0.1) is 0 Å². The third-order valence-corrected chi connectivity index (χ3v) is 5.73. The SMILES string of the molecule is CCCCCCOc1ccc(N2C(=O)C[C@@H](N(Cc3ccco3)C(=S)NCC)C2=O)cc1. The zero-order valence-electron chi connectivity index (χ0n) is 18.7. The molecule has 8 heteroatoms. The van der Waals surface area contributed by atoms with Crippen LogP contribution < -0.4 is 15.0 Å². The molecule has 1 fully saturated rings. The van der Waals surface area contributed by atoms with Crippen LogP contribution in [0.4, 0.5) is 5.69 Å². The molecule has 1 aliphatic rings. The Hall–Kier alpha value is -2.87. The van der Waals surface area contributed by atoms with Crippen molar-refractivity contribution < 1.29 is 18.7 Å². The van der Waals surface area contributed by atoms with Gasteiger partial charge in [0.05, 0.1) is 31.5 Å². The smallest absolute Gasteiger partial charge is 0.257 e. The van der Waals surface area contributed by atoms with Crippen molar-refractivity contribution in [2.75, 3.05) is 18.1 Å². The lowest BCUT2D eigenvalue weighted by atomic mass is 10.2. The van der Waals surface area contributed by atoms with Gasteiger partial charge in [0.15, 0.2) is 5.11 Å². The Bertz CT molecular complexity index is 898. The summed E-state index contributed by atoms with van der Waals surface area (Å²) in [7, 11) is 0. The van der Waals surface area contributed by atoms with E-state index in [0.29, 0.717) is 36.3 Å². The van der Waals surface area contributed by atoms with Crippen LogP contribution in [-0.4, -0.2) is 41.0 Å². The molecular weight excluding hydrogens is 426 g/mol. The van der Waals surface area contributed by atoms with Gasteiger partial charge in [0.2, 0.25) is 5.91 Å². The molecule has 2 amide bonds. The summed E-state index contributed by atoms with van der Waals surface area (Å²) in [5.41, 5.74) is 0.535. The lowest BCUT2D eigenvalue weighted by molar-refractivity contribution is -0.122. The molecule has 1 N–H and O–H groups in total. The Labute approximate surface area is 194 Å². The van der Waals surface area contributed by atoms with Gasteiger partial charge in [0.25, 0.3) is 5.91 Å². The van der Waals surface area contributed by atoms with Gasteiger partial charge >= 0.3 is 0 Å². The molecule has 0 bridgehead atoms. The summed E-state index contributed by atoms with van der Waals surface area (Å²) in [6.45, 7) is 5.69. The van der Waals surface area contributed by atoms with Crippen LogP contribution in [0.1, 0.15) is 51.7 Å². The molecule has 3 rings (SSSR count). The van der Waals surface area contributed by atoms with E-state index in [1.165, 1.54) is 17.7 Å². The fourth-order valence-corrected chi connectivity index (χ4v) is 4.02. The number of benzene rings is 1. The molecule has 0 unspecified atom stereocenters. The second kappa shape index (κ2) is 11.7. The fourth-order valence-electron chi connectivity index (χ4n) is 3.69. The number of anilines is 1. The van der Waals surface area contributed by atoms with Crippen molar-refractivity contribution >= 4 is 34.8 Å². The number of ether oxygens (including phenoxy) is 1. The van der Waals surface area contributed by atoms with Crippen molar-refractivity contribution in [3.8, 4) is 5.75 Å². The molecule has 1 saturated heterocycles. The molecular formula is C24H31N3O4S. The first-order valence-corrected chi connectivity index (χ1v) is 11.6. The monoisotopic (exact) mass is 457 g/mol. The number of thiocarbonyl (C=S) groups is 1. The molecule has 7 nitrogen and oxygen atoms in total. The molecule has 0 saturated carbocycles. The number of imide groups is 1. The Morgan fingerprint density at radius 1 is 1.19 bits per heavy atom. The van der Waals surface area contributed by atoms with Gasteiger partial charge in [-0.1, -0.05) is 26.2 Å². The highest BCUT2D eigenvalue weighted by atomic mass is 32.1. The van der Waals surface area contributed by atoms with E-state index in [9.17, 15) is 9.59 Å². The lowest BCUT2D eigenvalue weighted by Crippen LogP contribution is -2.49. The zero-order chi connectivity index (χ0) is 22.9.